The zero-order valence-corrected chi connectivity index (χ0v) is 10.8. The molecule has 3 aromatic rings. The quantitative estimate of drug-likeness (QED) is 0.792. The Bertz CT molecular complexity index is 720. The average Bonchev–Trinajstić information content (AvgIpc) is 2.98. The van der Waals surface area contributed by atoms with Gasteiger partial charge < -0.3 is 5.73 Å². The van der Waals surface area contributed by atoms with Crippen LogP contribution in [0.3, 0.4) is 0 Å². The molecule has 0 unspecified atom stereocenters. The Labute approximate surface area is 116 Å². The lowest BCUT2D eigenvalue weighted by Crippen LogP contribution is -2.02. The van der Waals surface area contributed by atoms with Crippen molar-refractivity contribution < 1.29 is 4.39 Å². The Hall–Kier alpha value is -2.46. The summed E-state index contributed by atoms with van der Waals surface area (Å²) in [4.78, 5) is 0. The highest BCUT2D eigenvalue weighted by Gasteiger charge is 2.12. The second-order valence-corrected chi connectivity index (χ2v) is 4.48. The van der Waals surface area contributed by atoms with Crippen LogP contribution in [0.15, 0.2) is 60.8 Å². The predicted octanol–water partition coefficient (Wildman–Crippen LogP) is 3.14. The summed E-state index contributed by atoms with van der Waals surface area (Å²) < 4.78 is 15.8. The van der Waals surface area contributed by atoms with Gasteiger partial charge in [-0.1, -0.05) is 24.3 Å². The van der Waals surface area contributed by atoms with Gasteiger partial charge in [0.25, 0.3) is 0 Å². The van der Waals surface area contributed by atoms with Crippen molar-refractivity contribution in [2.45, 2.75) is 6.54 Å². The molecule has 0 amide bonds. The molecule has 0 atom stereocenters. The van der Waals surface area contributed by atoms with Crippen LogP contribution in [0.5, 0.6) is 0 Å². The van der Waals surface area contributed by atoms with Crippen molar-refractivity contribution in [3.05, 3.63) is 72.2 Å². The van der Waals surface area contributed by atoms with Crippen LogP contribution in [-0.4, -0.2) is 9.78 Å². The zero-order chi connectivity index (χ0) is 13.9. The lowest BCUT2D eigenvalue weighted by molar-refractivity contribution is 0.629. The van der Waals surface area contributed by atoms with Crippen LogP contribution in [0, 0.1) is 5.82 Å². The minimum absolute atomic E-state index is 0.278. The maximum atomic E-state index is 14.1. The molecule has 2 N–H and O–H groups in total. The fourth-order valence-electron chi connectivity index (χ4n) is 2.18. The van der Waals surface area contributed by atoms with Gasteiger partial charge in [0, 0.05) is 12.1 Å². The molecule has 3 rings (SSSR count). The predicted molar refractivity (Wildman–Crippen MR) is 76.8 cm³/mol. The van der Waals surface area contributed by atoms with Gasteiger partial charge in [-0.05, 0) is 35.9 Å². The molecule has 0 spiro atoms. The smallest absolute Gasteiger partial charge is 0.132 e. The third-order valence-corrected chi connectivity index (χ3v) is 3.19. The van der Waals surface area contributed by atoms with Crippen LogP contribution >= 0.6 is 0 Å². The van der Waals surface area contributed by atoms with Crippen molar-refractivity contribution in [3.8, 4) is 16.9 Å². The molecule has 0 saturated heterocycles. The Morgan fingerprint density at radius 3 is 2.60 bits per heavy atom. The lowest BCUT2D eigenvalue weighted by atomic mass is 10.1. The number of hydrogen-bond donors (Lipinski definition) is 1. The van der Waals surface area contributed by atoms with Gasteiger partial charge in [0.15, 0.2) is 0 Å². The van der Waals surface area contributed by atoms with E-state index in [1.807, 2.05) is 30.3 Å². The minimum atomic E-state index is -0.278. The van der Waals surface area contributed by atoms with Crippen molar-refractivity contribution in [1.82, 2.24) is 9.78 Å². The number of rotatable bonds is 3. The monoisotopic (exact) mass is 267 g/mol. The summed E-state index contributed by atoms with van der Waals surface area (Å²) in [6.07, 6.45) is 1.66. The molecule has 0 aliphatic rings. The van der Waals surface area contributed by atoms with Crippen molar-refractivity contribution in [1.29, 1.82) is 0 Å². The Balaban J connectivity index is 2.15. The highest BCUT2D eigenvalue weighted by Crippen LogP contribution is 2.26. The van der Waals surface area contributed by atoms with Crippen LogP contribution in [0.1, 0.15) is 5.56 Å². The molecule has 0 radical (unpaired) electrons. The fraction of sp³-hybridized carbons (Fsp3) is 0.0625. The van der Waals surface area contributed by atoms with E-state index in [2.05, 4.69) is 5.10 Å². The SMILES string of the molecule is NCc1ccc(F)c(-c2ccnn2-c2ccccc2)c1. The molecule has 2 aromatic carbocycles. The molecule has 0 aliphatic heterocycles. The number of halogens is 1. The van der Waals surface area contributed by atoms with E-state index in [0.717, 1.165) is 11.3 Å². The number of benzene rings is 2. The summed E-state index contributed by atoms with van der Waals surface area (Å²) in [5.74, 6) is -0.278. The lowest BCUT2D eigenvalue weighted by Gasteiger charge is -2.09. The first-order chi connectivity index (χ1) is 9.79. The molecule has 0 bridgehead atoms. The third-order valence-electron chi connectivity index (χ3n) is 3.19. The third kappa shape index (κ3) is 2.21. The van der Waals surface area contributed by atoms with Gasteiger partial charge in [0.2, 0.25) is 0 Å². The van der Waals surface area contributed by atoms with Crippen LogP contribution in [0.25, 0.3) is 16.9 Å². The van der Waals surface area contributed by atoms with Gasteiger partial charge in [0.1, 0.15) is 5.82 Å². The Kier molecular flexibility index (Phi) is 3.31. The molecule has 1 heterocycles. The van der Waals surface area contributed by atoms with E-state index in [1.165, 1.54) is 6.07 Å². The normalized spacial score (nSPS) is 10.7. The summed E-state index contributed by atoms with van der Waals surface area (Å²) in [7, 11) is 0. The minimum Gasteiger partial charge on any atom is -0.326 e. The first-order valence-electron chi connectivity index (χ1n) is 6.38. The van der Waals surface area contributed by atoms with E-state index in [4.69, 9.17) is 5.73 Å². The molecule has 0 aliphatic carbocycles. The number of nitrogens with zero attached hydrogens (tertiary/aromatic N) is 2. The summed E-state index contributed by atoms with van der Waals surface area (Å²) in [6, 6.07) is 16.4. The summed E-state index contributed by atoms with van der Waals surface area (Å²) in [5.41, 5.74) is 8.63. The second-order valence-electron chi connectivity index (χ2n) is 4.48. The molecular formula is C16H14FN3. The fourth-order valence-corrected chi connectivity index (χ4v) is 2.18. The molecule has 1 aromatic heterocycles. The van der Waals surface area contributed by atoms with Crippen LogP contribution < -0.4 is 5.73 Å². The van der Waals surface area contributed by atoms with E-state index < -0.39 is 0 Å². The van der Waals surface area contributed by atoms with Gasteiger partial charge >= 0.3 is 0 Å². The van der Waals surface area contributed by atoms with E-state index in [-0.39, 0.29) is 5.82 Å². The first kappa shape index (κ1) is 12.6. The molecule has 0 saturated carbocycles. The summed E-state index contributed by atoms with van der Waals surface area (Å²) >= 11 is 0. The van der Waals surface area contributed by atoms with Crippen LogP contribution in [0.2, 0.25) is 0 Å². The summed E-state index contributed by atoms with van der Waals surface area (Å²) in [5, 5.41) is 4.28. The van der Waals surface area contributed by atoms with Crippen molar-refractivity contribution in [3.63, 3.8) is 0 Å². The molecule has 0 fully saturated rings. The molecule has 100 valence electrons. The van der Waals surface area contributed by atoms with Crippen molar-refractivity contribution >= 4 is 0 Å². The van der Waals surface area contributed by atoms with Crippen molar-refractivity contribution in [2.75, 3.05) is 0 Å². The number of para-hydroxylation sites is 1. The standard InChI is InChI=1S/C16H14FN3/c17-15-7-6-12(11-18)10-14(15)16-8-9-19-20(16)13-4-2-1-3-5-13/h1-10H,11,18H2. The summed E-state index contributed by atoms with van der Waals surface area (Å²) in [6.45, 7) is 0.382. The zero-order valence-electron chi connectivity index (χ0n) is 10.8. The van der Waals surface area contributed by atoms with Crippen LogP contribution in [-0.2, 0) is 6.54 Å². The van der Waals surface area contributed by atoms with Crippen molar-refractivity contribution in [2.24, 2.45) is 5.73 Å². The number of hydrogen-bond acceptors (Lipinski definition) is 2. The Morgan fingerprint density at radius 2 is 1.85 bits per heavy atom. The number of aromatic nitrogens is 2. The van der Waals surface area contributed by atoms with E-state index in [9.17, 15) is 4.39 Å². The largest absolute Gasteiger partial charge is 0.326 e. The van der Waals surface area contributed by atoms with Crippen LogP contribution in [0.4, 0.5) is 4.39 Å². The Morgan fingerprint density at radius 1 is 1.05 bits per heavy atom. The van der Waals surface area contributed by atoms with Gasteiger partial charge in [-0.2, -0.15) is 5.10 Å². The molecule has 4 heteroatoms. The van der Waals surface area contributed by atoms with E-state index in [1.54, 1.807) is 29.1 Å². The van der Waals surface area contributed by atoms with E-state index in [0.29, 0.717) is 17.8 Å². The molecule has 3 nitrogen and oxygen atoms in total. The molecular weight excluding hydrogens is 253 g/mol. The topological polar surface area (TPSA) is 43.8 Å². The van der Waals surface area contributed by atoms with Gasteiger partial charge in [-0.15, -0.1) is 0 Å². The maximum Gasteiger partial charge on any atom is 0.132 e. The van der Waals surface area contributed by atoms with Gasteiger partial charge in [0.05, 0.1) is 17.6 Å². The first-order valence-corrected chi connectivity index (χ1v) is 6.38. The highest BCUT2D eigenvalue weighted by atomic mass is 19.1. The highest BCUT2D eigenvalue weighted by molar-refractivity contribution is 5.63. The van der Waals surface area contributed by atoms with Gasteiger partial charge in [-0.3, -0.25) is 0 Å². The second kappa shape index (κ2) is 5.27. The van der Waals surface area contributed by atoms with Gasteiger partial charge in [-0.25, -0.2) is 9.07 Å². The van der Waals surface area contributed by atoms with E-state index >= 15 is 0 Å². The molecule has 20 heavy (non-hydrogen) atoms. The average molecular weight is 267 g/mol. The maximum absolute atomic E-state index is 14.1. The number of nitrogens with two attached hydrogens (primary N) is 1.